The van der Waals surface area contributed by atoms with Crippen molar-refractivity contribution >= 4 is 17.3 Å². The molecule has 0 fully saturated rings. The summed E-state index contributed by atoms with van der Waals surface area (Å²) in [5.41, 5.74) is -0.451. The Morgan fingerprint density at radius 1 is 1.45 bits per heavy atom. The first-order valence-corrected chi connectivity index (χ1v) is 6.26. The number of hydrogen-bond acceptors (Lipinski definition) is 5. The van der Waals surface area contributed by atoms with Crippen molar-refractivity contribution in [2.75, 3.05) is 11.9 Å². The average Bonchev–Trinajstić information content (AvgIpc) is 2.37. The Kier molecular flexibility index (Phi) is 5.45. The molecule has 0 saturated heterocycles. The molecule has 0 aromatic heterocycles. The van der Waals surface area contributed by atoms with Crippen molar-refractivity contribution < 1.29 is 19.9 Å². The first-order chi connectivity index (χ1) is 9.38. The molecule has 0 heterocycles. The van der Waals surface area contributed by atoms with E-state index < -0.39 is 10.9 Å². The summed E-state index contributed by atoms with van der Waals surface area (Å²) < 4.78 is 0. The van der Waals surface area contributed by atoms with Crippen LogP contribution in [-0.4, -0.2) is 33.8 Å². The topological polar surface area (TPSA) is 113 Å². The Balaban J connectivity index is 3.25. The predicted molar refractivity (Wildman–Crippen MR) is 74.0 cm³/mol. The summed E-state index contributed by atoms with van der Waals surface area (Å²) in [5, 5.41) is 32.1. The number of anilines is 1. The Bertz CT molecular complexity index is 469. The van der Waals surface area contributed by atoms with Crippen molar-refractivity contribution in [3.05, 3.63) is 33.9 Å². The van der Waals surface area contributed by atoms with Gasteiger partial charge in [-0.05, 0) is 18.4 Å². The van der Waals surface area contributed by atoms with Gasteiger partial charge in [0.05, 0.1) is 10.5 Å². The van der Waals surface area contributed by atoms with Gasteiger partial charge in [0.25, 0.3) is 5.69 Å². The van der Waals surface area contributed by atoms with Crippen LogP contribution < -0.4 is 5.32 Å². The molecule has 1 aromatic carbocycles. The zero-order valence-corrected chi connectivity index (χ0v) is 11.4. The molecule has 1 unspecified atom stereocenters. The van der Waals surface area contributed by atoms with Gasteiger partial charge in [0.1, 0.15) is 5.69 Å². The van der Waals surface area contributed by atoms with Crippen LogP contribution in [-0.2, 0) is 0 Å². The second kappa shape index (κ2) is 6.85. The van der Waals surface area contributed by atoms with E-state index >= 15 is 0 Å². The lowest BCUT2D eigenvalue weighted by Crippen LogP contribution is -2.28. The number of nitrogens with one attached hydrogen (secondary N) is 1. The molecule has 3 N–H and O–H groups in total. The lowest BCUT2D eigenvalue weighted by molar-refractivity contribution is -0.384. The van der Waals surface area contributed by atoms with Crippen LogP contribution in [0.25, 0.3) is 0 Å². The highest BCUT2D eigenvalue weighted by Crippen LogP contribution is 2.30. The van der Waals surface area contributed by atoms with Gasteiger partial charge in [-0.15, -0.1) is 0 Å². The van der Waals surface area contributed by atoms with Gasteiger partial charge in [-0.3, -0.25) is 10.1 Å². The average molecular weight is 282 g/mol. The standard InChI is InChI=1S/C13H18N2O5/c1-8(2)10(6-7-16)14-12-9(13(17)18)4-3-5-11(12)15(19)20/h3-5,8,10,14,16H,6-7H2,1-2H3,(H,17,18). The van der Waals surface area contributed by atoms with E-state index in [2.05, 4.69) is 5.32 Å². The molecule has 0 amide bonds. The van der Waals surface area contributed by atoms with Gasteiger partial charge >= 0.3 is 5.97 Å². The normalized spacial score (nSPS) is 12.2. The van der Waals surface area contributed by atoms with Gasteiger partial charge in [0.2, 0.25) is 0 Å². The number of aromatic carboxylic acids is 1. The zero-order chi connectivity index (χ0) is 15.3. The maximum absolute atomic E-state index is 11.2. The molecule has 0 aliphatic carbocycles. The number of rotatable bonds is 7. The number of carbonyl (C=O) groups is 1. The lowest BCUT2D eigenvalue weighted by atomic mass is 10.00. The second-order valence-electron chi connectivity index (χ2n) is 4.77. The number of aliphatic hydroxyl groups excluding tert-OH is 1. The molecule has 20 heavy (non-hydrogen) atoms. The van der Waals surface area contributed by atoms with Gasteiger partial charge in [0.15, 0.2) is 0 Å². The van der Waals surface area contributed by atoms with Crippen molar-refractivity contribution in [3.8, 4) is 0 Å². The summed E-state index contributed by atoms with van der Waals surface area (Å²) in [6.45, 7) is 3.70. The third-order valence-corrected chi connectivity index (χ3v) is 3.04. The Morgan fingerprint density at radius 2 is 2.10 bits per heavy atom. The fourth-order valence-corrected chi connectivity index (χ4v) is 1.92. The number of nitro benzene ring substituents is 1. The third kappa shape index (κ3) is 3.67. The first kappa shape index (κ1) is 15.9. The number of nitrogens with zero attached hydrogens (tertiary/aromatic N) is 1. The van der Waals surface area contributed by atoms with E-state index in [4.69, 9.17) is 10.2 Å². The Morgan fingerprint density at radius 3 is 2.55 bits per heavy atom. The van der Waals surface area contributed by atoms with E-state index in [-0.39, 0.29) is 35.5 Å². The van der Waals surface area contributed by atoms with E-state index in [9.17, 15) is 14.9 Å². The summed E-state index contributed by atoms with van der Waals surface area (Å²) in [5.74, 6) is -1.15. The number of hydrogen-bond donors (Lipinski definition) is 3. The van der Waals surface area contributed by atoms with E-state index in [1.54, 1.807) is 0 Å². The number of carboxylic acid groups (broad SMARTS) is 1. The predicted octanol–water partition coefficient (Wildman–Crippen LogP) is 2.11. The highest BCUT2D eigenvalue weighted by atomic mass is 16.6. The summed E-state index contributed by atoms with van der Waals surface area (Å²) in [7, 11) is 0. The SMILES string of the molecule is CC(C)C(CCO)Nc1c(C(=O)O)cccc1[N+](=O)[O-]. The van der Waals surface area contributed by atoms with Crippen LogP contribution in [0.1, 0.15) is 30.6 Å². The molecular weight excluding hydrogens is 264 g/mol. The van der Waals surface area contributed by atoms with Crippen LogP contribution in [0.2, 0.25) is 0 Å². The van der Waals surface area contributed by atoms with Crippen LogP contribution in [0.4, 0.5) is 11.4 Å². The van der Waals surface area contributed by atoms with Crippen LogP contribution in [0, 0.1) is 16.0 Å². The molecule has 0 radical (unpaired) electrons. The van der Waals surface area contributed by atoms with Crippen LogP contribution in [0.5, 0.6) is 0 Å². The minimum atomic E-state index is -1.23. The molecule has 0 aliphatic heterocycles. The van der Waals surface area contributed by atoms with Crippen molar-refractivity contribution in [2.45, 2.75) is 26.3 Å². The minimum Gasteiger partial charge on any atom is -0.478 e. The minimum absolute atomic E-state index is 0.0165. The Labute approximate surface area is 116 Å². The molecule has 110 valence electrons. The second-order valence-corrected chi connectivity index (χ2v) is 4.77. The van der Waals surface area contributed by atoms with Gasteiger partial charge in [-0.1, -0.05) is 19.9 Å². The molecule has 0 saturated carbocycles. The Hall–Kier alpha value is -2.15. The van der Waals surface area contributed by atoms with Crippen LogP contribution in [0.3, 0.4) is 0 Å². The highest BCUT2D eigenvalue weighted by Gasteiger charge is 2.24. The smallest absolute Gasteiger partial charge is 0.338 e. The fraction of sp³-hybridized carbons (Fsp3) is 0.462. The monoisotopic (exact) mass is 282 g/mol. The van der Waals surface area contributed by atoms with E-state index in [1.165, 1.54) is 18.2 Å². The molecule has 1 atom stereocenters. The first-order valence-electron chi connectivity index (χ1n) is 6.26. The molecule has 7 nitrogen and oxygen atoms in total. The van der Waals surface area contributed by atoms with E-state index in [1.807, 2.05) is 13.8 Å². The molecule has 7 heteroatoms. The molecule has 0 spiro atoms. The summed E-state index contributed by atoms with van der Waals surface area (Å²) in [4.78, 5) is 21.6. The fourth-order valence-electron chi connectivity index (χ4n) is 1.92. The molecular formula is C13H18N2O5. The van der Waals surface area contributed by atoms with Crippen molar-refractivity contribution in [3.63, 3.8) is 0 Å². The maximum Gasteiger partial charge on any atom is 0.338 e. The molecule has 1 aromatic rings. The van der Waals surface area contributed by atoms with Crippen molar-refractivity contribution in [1.29, 1.82) is 0 Å². The van der Waals surface area contributed by atoms with Gasteiger partial charge in [-0.2, -0.15) is 0 Å². The summed E-state index contributed by atoms with van der Waals surface area (Å²) in [6.07, 6.45) is 0.378. The lowest BCUT2D eigenvalue weighted by Gasteiger charge is -2.23. The third-order valence-electron chi connectivity index (χ3n) is 3.04. The summed E-state index contributed by atoms with van der Waals surface area (Å²) in [6, 6.07) is 3.65. The van der Waals surface area contributed by atoms with E-state index in [0.29, 0.717) is 6.42 Å². The van der Waals surface area contributed by atoms with Crippen molar-refractivity contribution in [2.24, 2.45) is 5.92 Å². The number of para-hydroxylation sites is 1. The van der Waals surface area contributed by atoms with Crippen LogP contribution in [0.15, 0.2) is 18.2 Å². The maximum atomic E-state index is 11.2. The van der Waals surface area contributed by atoms with Crippen LogP contribution >= 0.6 is 0 Å². The van der Waals surface area contributed by atoms with Crippen molar-refractivity contribution in [1.82, 2.24) is 0 Å². The highest BCUT2D eigenvalue weighted by molar-refractivity contribution is 5.96. The van der Waals surface area contributed by atoms with Gasteiger partial charge in [-0.25, -0.2) is 4.79 Å². The largest absolute Gasteiger partial charge is 0.478 e. The van der Waals surface area contributed by atoms with Gasteiger partial charge < -0.3 is 15.5 Å². The number of nitro groups is 1. The molecule has 1 rings (SSSR count). The summed E-state index contributed by atoms with van der Waals surface area (Å²) >= 11 is 0. The molecule has 0 bridgehead atoms. The number of aliphatic hydroxyl groups is 1. The number of benzene rings is 1. The quantitative estimate of drug-likeness (QED) is 0.521. The van der Waals surface area contributed by atoms with E-state index in [0.717, 1.165) is 0 Å². The van der Waals surface area contributed by atoms with Gasteiger partial charge in [0, 0.05) is 18.7 Å². The zero-order valence-electron chi connectivity index (χ0n) is 11.4. The molecule has 0 aliphatic rings. The number of carboxylic acids is 1.